The molecule has 0 spiro atoms. The highest BCUT2D eigenvalue weighted by molar-refractivity contribution is 5.70. The summed E-state index contributed by atoms with van der Waals surface area (Å²) in [6.07, 6.45) is 2.42. The Morgan fingerprint density at radius 3 is 2.78 bits per heavy atom. The van der Waals surface area contributed by atoms with Gasteiger partial charge in [-0.05, 0) is 38.4 Å². The number of nitrogens with zero attached hydrogens (tertiary/aromatic N) is 2. The molecule has 1 fully saturated rings. The van der Waals surface area contributed by atoms with Crippen LogP contribution in [0.5, 0.6) is 0 Å². The largest absolute Gasteiger partial charge is 0.376 e. The summed E-state index contributed by atoms with van der Waals surface area (Å²) in [5.41, 5.74) is 2.69. The SMILES string of the molecule is CC1CCN(c2ccccc2N(C)C)CCCN1. The molecule has 1 aromatic rings. The van der Waals surface area contributed by atoms with E-state index in [0.717, 1.165) is 19.6 Å². The molecular weight excluding hydrogens is 222 g/mol. The van der Waals surface area contributed by atoms with Crippen molar-refractivity contribution in [2.45, 2.75) is 25.8 Å². The molecule has 1 unspecified atom stereocenters. The number of benzene rings is 1. The van der Waals surface area contributed by atoms with Crippen LogP contribution in [-0.2, 0) is 0 Å². The van der Waals surface area contributed by atoms with Crippen molar-refractivity contribution in [2.24, 2.45) is 0 Å². The zero-order valence-corrected chi connectivity index (χ0v) is 11.8. The molecule has 0 bridgehead atoms. The van der Waals surface area contributed by atoms with Gasteiger partial charge < -0.3 is 15.1 Å². The van der Waals surface area contributed by atoms with E-state index in [1.54, 1.807) is 0 Å². The summed E-state index contributed by atoms with van der Waals surface area (Å²) < 4.78 is 0. The second-order valence-electron chi connectivity index (χ2n) is 5.37. The minimum absolute atomic E-state index is 0.624. The van der Waals surface area contributed by atoms with Gasteiger partial charge in [-0.15, -0.1) is 0 Å². The van der Waals surface area contributed by atoms with Crippen molar-refractivity contribution in [3.63, 3.8) is 0 Å². The molecule has 1 aliphatic rings. The molecular formula is C15H25N3. The molecule has 3 heteroatoms. The van der Waals surface area contributed by atoms with Gasteiger partial charge in [0.05, 0.1) is 11.4 Å². The van der Waals surface area contributed by atoms with Gasteiger partial charge in [0, 0.05) is 33.2 Å². The molecule has 1 saturated heterocycles. The van der Waals surface area contributed by atoms with Crippen molar-refractivity contribution in [1.82, 2.24) is 5.32 Å². The van der Waals surface area contributed by atoms with Crippen molar-refractivity contribution in [2.75, 3.05) is 43.5 Å². The molecule has 0 radical (unpaired) electrons. The van der Waals surface area contributed by atoms with Crippen LogP contribution in [0.25, 0.3) is 0 Å². The van der Waals surface area contributed by atoms with Gasteiger partial charge in [0.1, 0.15) is 0 Å². The second-order valence-corrected chi connectivity index (χ2v) is 5.37. The van der Waals surface area contributed by atoms with Crippen LogP contribution in [0, 0.1) is 0 Å². The molecule has 1 N–H and O–H groups in total. The number of anilines is 2. The molecule has 2 rings (SSSR count). The van der Waals surface area contributed by atoms with Crippen molar-refractivity contribution in [3.8, 4) is 0 Å². The Morgan fingerprint density at radius 2 is 2.00 bits per heavy atom. The lowest BCUT2D eigenvalue weighted by Crippen LogP contribution is -2.38. The predicted molar refractivity (Wildman–Crippen MR) is 79.7 cm³/mol. The third-order valence-corrected chi connectivity index (χ3v) is 3.63. The smallest absolute Gasteiger partial charge is 0.0603 e. The molecule has 0 amide bonds. The van der Waals surface area contributed by atoms with Crippen molar-refractivity contribution < 1.29 is 0 Å². The number of rotatable bonds is 2. The summed E-state index contributed by atoms with van der Waals surface area (Å²) in [6, 6.07) is 9.33. The lowest BCUT2D eigenvalue weighted by atomic mass is 10.1. The lowest BCUT2D eigenvalue weighted by Gasteiger charge is -2.32. The molecule has 0 saturated carbocycles. The fraction of sp³-hybridized carbons (Fsp3) is 0.600. The van der Waals surface area contributed by atoms with E-state index >= 15 is 0 Å². The highest BCUT2D eigenvalue weighted by Gasteiger charge is 2.15. The monoisotopic (exact) mass is 247 g/mol. The average Bonchev–Trinajstić information content (AvgIpc) is 2.34. The van der Waals surface area contributed by atoms with Crippen LogP contribution in [0.1, 0.15) is 19.8 Å². The Morgan fingerprint density at radius 1 is 1.22 bits per heavy atom. The molecule has 0 aromatic heterocycles. The highest BCUT2D eigenvalue weighted by Crippen LogP contribution is 2.28. The fourth-order valence-corrected chi connectivity index (χ4v) is 2.53. The van der Waals surface area contributed by atoms with E-state index < -0.39 is 0 Å². The summed E-state index contributed by atoms with van der Waals surface area (Å²) >= 11 is 0. The fourth-order valence-electron chi connectivity index (χ4n) is 2.53. The highest BCUT2D eigenvalue weighted by atomic mass is 15.2. The maximum atomic E-state index is 3.56. The molecule has 0 aliphatic carbocycles. The first-order valence-electron chi connectivity index (χ1n) is 6.93. The number of para-hydroxylation sites is 2. The number of hydrogen-bond acceptors (Lipinski definition) is 3. The van der Waals surface area contributed by atoms with Crippen LogP contribution >= 0.6 is 0 Å². The molecule has 1 aromatic carbocycles. The van der Waals surface area contributed by atoms with E-state index in [0.29, 0.717) is 6.04 Å². The molecule has 1 heterocycles. The van der Waals surface area contributed by atoms with E-state index in [1.165, 1.54) is 24.2 Å². The number of nitrogens with one attached hydrogen (secondary N) is 1. The van der Waals surface area contributed by atoms with Crippen molar-refractivity contribution in [3.05, 3.63) is 24.3 Å². The van der Waals surface area contributed by atoms with E-state index in [1.807, 2.05) is 0 Å². The normalized spacial score (nSPS) is 21.3. The van der Waals surface area contributed by atoms with Crippen LogP contribution < -0.4 is 15.1 Å². The van der Waals surface area contributed by atoms with Gasteiger partial charge in [0.15, 0.2) is 0 Å². The summed E-state index contributed by atoms with van der Waals surface area (Å²) in [5.74, 6) is 0. The van der Waals surface area contributed by atoms with Gasteiger partial charge in [0.25, 0.3) is 0 Å². The summed E-state index contributed by atoms with van der Waals surface area (Å²) in [7, 11) is 4.24. The Labute approximate surface area is 111 Å². The number of hydrogen-bond donors (Lipinski definition) is 1. The summed E-state index contributed by atoms with van der Waals surface area (Å²) in [6.45, 7) is 5.69. The van der Waals surface area contributed by atoms with Crippen LogP contribution in [0.4, 0.5) is 11.4 Å². The minimum atomic E-state index is 0.624. The molecule has 1 aliphatic heterocycles. The first kappa shape index (κ1) is 13.2. The van der Waals surface area contributed by atoms with Gasteiger partial charge in [0.2, 0.25) is 0 Å². The molecule has 18 heavy (non-hydrogen) atoms. The van der Waals surface area contributed by atoms with Gasteiger partial charge in [-0.1, -0.05) is 12.1 Å². The van der Waals surface area contributed by atoms with E-state index in [9.17, 15) is 0 Å². The standard InChI is InChI=1S/C15H25N3/c1-13-9-12-18(11-6-10-16-13)15-8-5-4-7-14(15)17(2)3/h4-5,7-8,13,16H,6,9-12H2,1-3H3. The molecule has 3 nitrogen and oxygen atoms in total. The van der Waals surface area contributed by atoms with Crippen LogP contribution in [0.2, 0.25) is 0 Å². The Hall–Kier alpha value is -1.22. The summed E-state index contributed by atoms with van der Waals surface area (Å²) in [4.78, 5) is 4.74. The van der Waals surface area contributed by atoms with Crippen LogP contribution in [-0.4, -0.2) is 39.8 Å². The first-order valence-corrected chi connectivity index (χ1v) is 6.93. The first-order chi connectivity index (χ1) is 8.68. The van der Waals surface area contributed by atoms with Crippen LogP contribution in [0.15, 0.2) is 24.3 Å². The van der Waals surface area contributed by atoms with E-state index in [-0.39, 0.29) is 0 Å². The van der Waals surface area contributed by atoms with Gasteiger partial charge in [-0.25, -0.2) is 0 Å². The van der Waals surface area contributed by atoms with Gasteiger partial charge in [-0.2, -0.15) is 0 Å². The lowest BCUT2D eigenvalue weighted by molar-refractivity contribution is 0.475. The van der Waals surface area contributed by atoms with E-state index in [4.69, 9.17) is 0 Å². The Bertz CT molecular complexity index is 376. The second kappa shape index (κ2) is 6.10. The topological polar surface area (TPSA) is 18.5 Å². The molecule has 1 atom stereocenters. The maximum Gasteiger partial charge on any atom is 0.0603 e. The third-order valence-electron chi connectivity index (χ3n) is 3.63. The summed E-state index contributed by atoms with van der Waals surface area (Å²) in [5, 5.41) is 3.56. The maximum absolute atomic E-state index is 3.56. The minimum Gasteiger partial charge on any atom is -0.376 e. The van der Waals surface area contributed by atoms with E-state index in [2.05, 4.69) is 60.4 Å². The average molecular weight is 247 g/mol. The zero-order valence-electron chi connectivity index (χ0n) is 11.8. The molecule has 100 valence electrons. The van der Waals surface area contributed by atoms with Gasteiger partial charge in [-0.3, -0.25) is 0 Å². The van der Waals surface area contributed by atoms with Crippen molar-refractivity contribution in [1.29, 1.82) is 0 Å². The third kappa shape index (κ3) is 3.16. The van der Waals surface area contributed by atoms with Crippen LogP contribution in [0.3, 0.4) is 0 Å². The zero-order chi connectivity index (χ0) is 13.0. The Balaban J connectivity index is 2.18. The quantitative estimate of drug-likeness (QED) is 0.865. The Kier molecular flexibility index (Phi) is 4.48. The van der Waals surface area contributed by atoms with Gasteiger partial charge >= 0.3 is 0 Å². The predicted octanol–water partition coefficient (Wildman–Crippen LogP) is 2.33. The van der Waals surface area contributed by atoms with Crippen molar-refractivity contribution >= 4 is 11.4 Å².